The number of nitrogens with zero attached hydrogens (tertiary/aromatic N) is 1. The van der Waals surface area contributed by atoms with E-state index < -0.39 is 5.82 Å². The molecule has 1 N–H and O–H groups in total. The normalized spacial score (nSPS) is 26.1. The Morgan fingerprint density at radius 1 is 1.33 bits per heavy atom. The van der Waals surface area contributed by atoms with Crippen LogP contribution in [0.5, 0.6) is 0 Å². The first kappa shape index (κ1) is 15.0. The van der Waals surface area contributed by atoms with Crippen molar-refractivity contribution in [3.63, 3.8) is 0 Å². The van der Waals surface area contributed by atoms with Gasteiger partial charge < -0.3 is 10.2 Å². The van der Waals surface area contributed by atoms with Crippen molar-refractivity contribution >= 4 is 21.8 Å². The quantitative estimate of drug-likeness (QED) is 0.839. The van der Waals surface area contributed by atoms with Gasteiger partial charge in [0, 0.05) is 29.5 Å². The van der Waals surface area contributed by atoms with Gasteiger partial charge in [-0.25, -0.2) is 4.39 Å². The molecule has 3 rings (SSSR count). The van der Waals surface area contributed by atoms with E-state index in [1.54, 1.807) is 12.1 Å². The third kappa shape index (κ3) is 3.14. The molecular weight excluding hydrogens is 335 g/mol. The second-order valence-electron chi connectivity index (χ2n) is 6.23. The first-order valence-corrected chi connectivity index (χ1v) is 8.34. The monoisotopic (exact) mass is 354 g/mol. The molecule has 114 valence electrons. The first-order chi connectivity index (χ1) is 10.1. The van der Waals surface area contributed by atoms with Crippen molar-refractivity contribution in [2.24, 2.45) is 5.41 Å². The van der Waals surface area contributed by atoms with Crippen molar-refractivity contribution in [1.29, 1.82) is 0 Å². The van der Waals surface area contributed by atoms with Gasteiger partial charge in [-0.15, -0.1) is 0 Å². The lowest BCUT2D eigenvalue weighted by molar-refractivity contribution is 0.0430. The van der Waals surface area contributed by atoms with Gasteiger partial charge >= 0.3 is 0 Å². The summed E-state index contributed by atoms with van der Waals surface area (Å²) in [5, 5.41) is 3.45. The van der Waals surface area contributed by atoms with Crippen LogP contribution in [0.3, 0.4) is 0 Å². The molecule has 0 saturated carbocycles. The van der Waals surface area contributed by atoms with Crippen LogP contribution in [-0.4, -0.2) is 37.0 Å². The summed E-state index contributed by atoms with van der Waals surface area (Å²) in [6, 6.07) is 4.55. The van der Waals surface area contributed by atoms with E-state index in [1.165, 1.54) is 6.07 Å². The van der Waals surface area contributed by atoms with Gasteiger partial charge in [0.2, 0.25) is 0 Å². The Morgan fingerprint density at radius 2 is 2.14 bits per heavy atom. The molecule has 0 radical (unpaired) electrons. The highest BCUT2D eigenvalue weighted by Crippen LogP contribution is 2.36. The predicted octanol–water partition coefficient (Wildman–Crippen LogP) is 3.19. The van der Waals surface area contributed by atoms with Crippen LogP contribution in [0, 0.1) is 11.2 Å². The molecule has 2 fully saturated rings. The molecule has 2 heterocycles. The largest absolute Gasteiger partial charge is 0.338 e. The molecule has 2 aliphatic rings. The minimum absolute atomic E-state index is 0.171. The van der Waals surface area contributed by atoms with Crippen molar-refractivity contribution in [3.05, 3.63) is 34.1 Å². The topological polar surface area (TPSA) is 32.3 Å². The fourth-order valence-corrected chi connectivity index (χ4v) is 3.95. The van der Waals surface area contributed by atoms with Gasteiger partial charge in [0.15, 0.2) is 0 Å². The van der Waals surface area contributed by atoms with Gasteiger partial charge in [0.25, 0.3) is 5.91 Å². The van der Waals surface area contributed by atoms with Crippen LogP contribution in [0.15, 0.2) is 22.7 Å². The average Bonchev–Trinajstić information content (AvgIpc) is 2.50. The molecule has 1 amide bonds. The van der Waals surface area contributed by atoms with Crippen LogP contribution in [0.1, 0.15) is 36.0 Å². The number of rotatable bonds is 1. The van der Waals surface area contributed by atoms with Crippen molar-refractivity contribution in [2.75, 3.05) is 26.2 Å². The van der Waals surface area contributed by atoms with Gasteiger partial charge in [-0.1, -0.05) is 15.9 Å². The summed E-state index contributed by atoms with van der Waals surface area (Å²) in [5.41, 5.74) is 0.361. The number of carbonyl (C=O) groups excluding carboxylic acids is 1. The fourth-order valence-electron chi connectivity index (χ4n) is 3.59. The molecule has 0 aromatic heterocycles. The maximum absolute atomic E-state index is 13.9. The fraction of sp³-hybridized carbons (Fsp3) is 0.562. The molecule has 2 saturated heterocycles. The molecule has 21 heavy (non-hydrogen) atoms. The van der Waals surface area contributed by atoms with E-state index in [1.807, 2.05) is 4.90 Å². The third-order valence-corrected chi connectivity index (χ3v) is 5.16. The Bertz CT molecular complexity index is 538. The molecule has 3 nitrogen and oxygen atoms in total. The summed E-state index contributed by atoms with van der Waals surface area (Å²) in [6.07, 6.45) is 4.48. The molecule has 1 unspecified atom stereocenters. The number of likely N-dealkylation sites (tertiary alicyclic amines) is 1. The van der Waals surface area contributed by atoms with Gasteiger partial charge in [-0.05, 0) is 50.4 Å². The average molecular weight is 355 g/mol. The molecular formula is C16H20BrFN2O. The van der Waals surface area contributed by atoms with Crippen LogP contribution in [0.4, 0.5) is 4.39 Å². The molecule has 1 aromatic rings. The second kappa shape index (κ2) is 6.05. The highest BCUT2D eigenvalue weighted by molar-refractivity contribution is 9.10. The highest BCUT2D eigenvalue weighted by Gasteiger charge is 2.38. The molecule has 0 aliphatic carbocycles. The number of hydrogen-bond acceptors (Lipinski definition) is 2. The zero-order chi connectivity index (χ0) is 14.9. The minimum Gasteiger partial charge on any atom is -0.338 e. The molecule has 0 bridgehead atoms. The lowest BCUT2D eigenvalue weighted by atomic mass is 9.74. The van der Waals surface area contributed by atoms with E-state index in [4.69, 9.17) is 0 Å². The molecule has 1 aromatic carbocycles. The Balaban J connectivity index is 1.79. The Labute approximate surface area is 133 Å². The predicted molar refractivity (Wildman–Crippen MR) is 83.8 cm³/mol. The van der Waals surface area contributed by atoms with Crippen LogP contribution < -0.4 is 5.32 Å². The number of nitrogens with one attached hydrogen (secondary N) is 1. The van der Waals surface area contributed by atoms with E-state index in [2.05, 4.69) is 21.2 Å². The van der Waals surface area contributed by atoms with Gasteiger partial charge in [-0.3, -0.25) is 4.79 Å². The molecule has 5 heteroatoms. The first-order valence-electron chi connectivity index (χ1n) is 7.55. The van der Waals surface area contributed by atoms with E-state index in [0.29, 0.717) is 0 Å². The van der Waals surface area contributed by atoms with Gasteiger partial charge in [-0.2, -0.15) is 0 Å². The van der Waals surface area contributed by atoms with Crippen molar-refractivity contribution < 1.29 is 9.18 Å². The SMILES string of the molecule is O=C(c1cc(Br)ccc1F)N1CCCC2(CCCNC2)C1. The zero-order valence-electron chi connectivity index (χ0n) is 12.0. The molecule has 1 atom stereocenters. The van der Waals surface area contributed by atoms with Gasteiger partial charge in [0.05, 0.1) is 5.56 Å². The van der Waals surface area contributed by atoms with E-state index in [-0.39, 0.29) is 16.9 Å². The third-order valence-electron chi connectivity index (χ3n) is 4.67. The lowest BCUT2D eigenvalue weighted by Crippen LogP contribution is -2.52. The molecule has 1 spiro atoms. The zero-order valence-corrected chi connectivity index (χ0v) is 13.6. The van der Waals surface area contributed by atoms with Crippen molar-refractivity contribution in [2.45, 2.75) is 25.7 Å². The maximum atomic E-state index is 13.9. The summed E-state index contributed by atoms with van der Waals surface area (Å²) in [5.74, 6) is -0.622. The van der Waals surface area contributed by atoms with E-state index in [0.717, 1.165) is 56.3 Å². The van der Waals surface area contributed by atoms with Gasteiger partial charge in [0.1, 0.15) is 5.82 Å². The second-order valence-corrected chi connectivity index (χ2v) is 7.15. The van der Waals surface area contributed by atoms with E-state index >= 15 is 0 Å². The van der Waals surface area contributed by atoms with Crippen molar-refractivity contribution in [3.8, 4) is 0 Å². The number of hydrogen-bond donors (Lipinski definition) is 1. The van der Waals surface area contributed by atoms with E-state index in [9.17, 15) is 9.18 Å². The number of amides is 1. The summed E-state index contributed by atoms with van der Waals surface area (Å²) in [7, 11) is 0. The minimum atomic E-state index is -0.440. The maximum Gasteiger partial charge on any atom is 0.256 e. The number of halogens is 2. The Morgan fingerprint density at radius 3 is 2.90 bits per heavy atom. The lowest BCUT2D eigenvalue weighted by Gasteiger charge is -2.45. The van der Waals surface area contributed by atoms with Crippen molar-refractivity contribution in [1.82, 2.24) is 10.2 Å². The van der Waals surface area contributed by atoms with Crippen LogP contribution in [-0.2, 0) is 0 Å². The molecule has 2 aliphatic heterocycles. The summed E-state index contributed by atoms with van der Waals surface area (Å²) < 4.78 is 14.7. The Kier molecular flexibility index (Phi) is 4.31. The number of benzene rings is 1. The van der Waals surface area contributed by atoms with Crippen LogP contribution in [0.2, 0.25) is 0 Å². The highest BCUT2D eigenvalue weighted by atomic mass is 79.9. The summed E-state index contributed by atoms with van der Waals surface area (Å²) >= 11 is 3.31. The van der Waals surface area contributed by atoms with Crippen LogP contribution in [0.25, 0.3) is 0 Å². The number of carbonyl (C=O) groups is 1. The Hall–Kier alpha value is -0.940. The smallest absolute Gasteiger partial charge is 0.256 e. The summed E-state index contributed by atoms with van der Waals surface area (Å²) in [6.45, 7) is 3.50. The number of piperidine rings is 2. The summed E-state index contributed by atoms with van der Waals surface area (Å²) in [4.78, 5) is 14.5. The standard InChI is InChI=1S/C16H20BrFN2O/c17-12-3-4-14(18)13(9-12)15(21)20-8-2-6-16(11-20)5-1-7-19-10-16/h3-4,9,19H,1-2,5-8,10-11H2. The van der Waals surface area contributed by atoms with Crippen LogP contribution >= 0.6 is 15.9 Å².